The molecule has 1 N–H and O–H groups in total. The van der Waals surface area contributed by atoms with Crippen molar-refractivity contribution < 1.29 is 13.9 Å². The van der Waals surface area contributed by atoms with Gasteiger partial charge in [0.05, 0.1) is 12.0 Å². The standard InChI is InChI=1S/C15H21FN2O2/c1-15(6-7-17-11-15)14(19)18(2)8-9-20-13-5-3-4-12(16)10-13/h3-5,10,17H,6-9,11H2,1-2H3. The van der Waals surface area contributed by atoms with Crippen LogP contribution in [0.25, 0.3) is 0 Å². The van der Waals surface area contributed by atoms with E-state index in [0.29, 0.717) is 18.9 Å². The molecular formula is C15H21FN2O2. The van der Waals surface area contributed by atoms with Gasteiger partial charge in [0, 0.05) is 19.7 Å². The van der Waals surface area contributed by atoms with Crippen LogP contribution in [0.4, 0.5) is 4.39 Å². The zero-order valence-electron chi connectivity index (χ0n) is 12.0. The van der Waals surface area contributed by atoms with Crippen molar-refractivity contribution in [3.8, 4) is 5.75 Å². The van der Waals surface area contributed by atoms with Gasteiger partial charge in [-0.25, -0.2) is 4.39 Å². The van der Waals surface area contributed by atoms with Crippen molar-refractivity contribution in [1.29, 1.82) is 0 Å². The number of amides is 1. The van der Waals surface area contributed by atoms with Gasteiger partial charge >= 0.3 is 0 Å². The van der Waals surface area contributed by atoms with E-state index in [4.69, 9.17) is 4.74 Å². The van der Waals surface area contributed by atoms with E-state index in [-0.39, 0.29) is 17.1 Å². The molecule has 4 nitrogen and oxygen atoms in total. The van der Waals surface area contributed by atoms with Gasteiger partial charge in [-0.3, -0.25) is 4.79 Å². The number of rotatable bonds is 5. The number of nitrogens with one attached hydrogen (secondary N) is 1. The Morgan fingerprint density at radius 3 is 3.00 bits per heavy atom. The molecule has 0 bridgehead atoms. The number of carbonyl (C=O) groups excluding carboxylic acids is 1. The van der Waals surface area contributed by atoms with Gasteiger partial charge in [0.1, 0.15) is 18.2 Å². The largest absolute Gasteiger partial charge is 0.492 e. The third-order valence-electron chi connectivity index (χ3n) is 3.72. The maximum atomic E-state index is 13.0. The number of ether oxygens (including phenoxy) is 1. The third kappa shape index (κ3) is 3.48. The minimum atomic E-state index is -0.323. The lowest BCUT2D eigenvalue weighted by Crippen LogP contribution is -2.43. The number of hydrogen-bond donors (Lipinski definition) is 1. The zero-order valence-corrected chi connectivity index (χ0v) is 12.0. The highest BCUT2D eigenvalue weighted by molar-refractivity contribution is 5.82. The molecule has 1 fully saturated rings. The molecule has 0 saturated carbocycles. The monoisotopic (exact) mass is 280 g/mol. The van der Waals surface area contributed by atoms with Crippen molar-refractivity contribution in [2.45, 2.75) is 13.3 Å². The SMILES string of the molecule is CN(CCOc1cccc(F)c1)C(=O)C1(C)CCNC1. The van der Waals surface area contributed by atoms with Crippen LogP contribution >= 0.6 is 0 Å². The molecule has 1 amide bonds. The molecular weight excluding hydrogens is 259 g/mol. The maximum Gasteiger partial charge on any atom is 0.229 e. The van der Waals surface area contributed by atoms with Crippen LogP contribution in [-0.2, 0) is 4.79 Å². The Morgan fingerprint density at radius 1 is 1.55 bits per heavy atom. The minimum absolute atomic E-state index is 0.130. The van der Waals surface area contributed by atoms with Crippen molar-refractivity contribution in [3.63, 3.8) is 0 Å². The lowest BCUT2D eigenvalue weighted by molar-refractivity contribution is -0.139. The van der Waals surface area contributed by atoms with E-state index in [9.17, 15) is 9.18 Å². The molecule has 1 atom stereocenters. The molecule has 0 radical (unpaired) electrons. The first-order chi connectivity index (χ1) is 9.51. The predicted octanol–water partition coefficient (Wildman–Crippen LogP) is 1.66. The third-order valence-corrected chi connectivity index (χ3v) is 3.72. The highest BCUT2D eigenvalue weighted by atomic mass is 19.1. The van der Waals surface area contributed by atoms with Crippen molar-refractivity contribution in [2.75, 3.05) is 33.3 Å². The molecule has 1 aliphatic rings. The van der Waals surface area contributed by atoms with Crippen molar-refractivity contribution >= 4 is 5.91 Å². The fraction of sp³-hybridized carbons (Fsp3) is 0.533. The van der Waals surface area contributed by atoms with Crippen LogP contribution in [0.15, 0.2) is 24.3 Å². The summed E-state index contributed by atoms with van der Waals surface area (Å²) in [6.07, 6.45) is 0.862. The van der Waals surface area contributed by atoms with E-state index in [2.05, 4.69) is 5.32 Å². The van der Waals surface area contributed by atoms with Crippen LogP contribution in [0, 0.1) is 11.2 Å². The summed E-state index contributed by atoms with van der Waals surface area (Å²) >= 11 is 0. The van der Waals surface area contributed by atoms with Gasteiger partial charge in [0.2, 0.25) is 5.91 Å². The van der Waals surface area contributed by atoms with Crippen LogP contribution in [0.3, 0.4) is 0 Å². The van der Waals surface area contributed by atoms with Crippen molar-refractivity contribution in [2.24, 2.45) is 5.41 Å². The molecule has 1 unspecified atom stereocenters. The molecule has 1 heterocycles. The molecule has 2 rings (SSSR count). The van der Waals surface area contributed by atoms with Crippen molar-refractivity contribution in [3.05, 3.63) is 30.1 Å². The van der Waals surface area contributed by atoms with Gasteiger partial charge < -0.3 is 15.0 Å². The van der Waals surface area contributed by atoms with Crippen molar-refractivity contribution in [1.82, 2.24) is 10.2 Å². The molecule has 0 aromatic heterocycles. The van der Waals surface area contributed by atoms with E-state index in [1.807, 2.05) is 6.92 Å². The lowest BCUT2D eigenvalue weighted by Gasteiger charge is -2.28. The Balaban J connectivity index is 1.80. The fourth-order valence-electron chi connectivity index (χ4n) is 2.42. The van der Waals surface area contributed by atoms with Crippen LogP contribution < -0.4 is 10.1 Å². The summed E-state index contributed by atoms with van der Waals surface area (Å²) < 4.78 is 18.4. The van der Waals surface area contributed by atoms with Gasteiger partial charge in [0.15, 0.2) is 0 Å². The Kier molecular flexibility index (Phi) is 4.60. The summed E-state index contributed by atoms with van der Waals surface area (Å²) in [4.78, 5) is 14.0. The average Bonchev–Trinajstić information content (AvgIpc) is 2.86. The maximum absolute atomic E-state index is 13.0. The second kappa shape index (κ2) is 6.22. The lowest BCUT2D eigenvalue weighted by atomic mass is 9.88. The highest BCUT2D eigenvalue weighted by Crippen LogP contribution is 2.26. The fourth-order valence-corrected chi connectivity index (χ4v) is 2.42. The Labute approximate surface area is 118 Å². The van der Waals surface area contributed by atoms with Crippen LogP contribution in [0.2, 0.25) is 0 Å². The number of nitrogens with zero attached hydrogens (tertiary/aromatic N) is 1. The van der Waals surface area contributed by atoms with E-state index in [1.54, 1.807) is 24.1 Å². The van der Waals surface area contributed by atoms with Crippen LogP contribution in [0.1, 0.15) is 13.3 Å². The summed E-state index contributed by atoms with van der Waals surface area (Å²) in [5, 5.41) is 3.22. The molecule has 5 heteroatoms. The molecule has 1 aromatic carbocycles. The van der Waals surface area contributed by atoms with E-state index in [1.165, 1.54) is 12.1 Å². The molecule has 110 valence electrons. The van der Waals surface area contributed by atoms with Crippen LogP contribution in [-0.4, -0.2) is 44.1 Å². The van der Waals surface area contributed by atoms with Gasteiger partial charge in [-0.2, -0.15) is 0 Å². The van der Waals surface area contributed by atoms with E-state index < -0.39 is 0 Å². The molecule has 0 spiro atoms. The van der Waals surface area contributed by atoms with Gasteiger partial charge in [-0.15, -0.1) is 0 Å². The first-order valence-corrected chi connectivity index (χ1v) is 6.86. The van der Waals surface area contributed by atoms with E-state index in [0.717, 1.165) is 19.5 Å². The van der Waals surface area contributed by atoms with Crippen LogP contribution in [0.5, 0.6) is 5.75 Å². The summed E-state index contributed by atoms with van der Waals surface area (Å²) in [5.74, 6) is 0.293. The number of benzene rings is 1. The average molecular weight is 280 g/mol. The smallest absolute Gasteiger partial charge is 0.229 e. The number of carbonyl (C=O) groups is 1. The van der Waals surface area contributed by atoms with Gasteiger partial charge in [-0.05, 0) is 32.0 Å². The Hall–Kier alpha value is -1.62. The first-order valence-electron chi connectivity index (χ1n) is 6.86. The Morgan fingerprint density at radius 2 is 2.35 bits per heavy atom. The summed E-state index contributed by atoms with van der Waals surface area (Å²) in [7, 11) is 1.78. The number of halogens is 1. The van der Waals surface area contributed by atoms with E-state index >= 15 is 0 Å². The number of hydrogen-bond acceptors (Lipinski definition) is 3. The molecule has 1 aliphatic heterocycles. The normalized spacial score (nSPS) is 21.8. The summed E-state index contributed by atoms with van der Waals surface area (Å²) in [6, 6.07) is 6.01. The summed E-state index contributed by atoms with van der Waals surface area (Å²) in [6.45, 7) is 4.44. The minimum Gasteiger partial charge on any atom is -0.492 e. The van der Waals surface area contributed by atoms with Gasteiger partial charge in [0.25, 0.3) is 0 Å². The Bertz CT molecular complexity index is 473. The summed E-state index contributed by atoms with van der Waals surface area (Å²) in [5.41, 5.74) is -0.312. The topological polar surface area (TPSA) is 41.6 Å². The quantitative estimate of drug-likeness (QED) is 0.892. The molecule has 20 heavy (non-hydrogen) atoms. The molecule has 1 saturated heterocycles. The molecule has 1 aromatic rings. The highest BCUT2D eigenvalue weighted by Gasteiger charge is 2.37. The van der Waals surface area contributed by atoms with Gasteiger partial charge in [-0.1, -0.05) is 6.07 Å². The zero-order chi connectivity index (χ0) is 14.6. The molecule has 0 aliphatic carbocycles. The predicted molar refractivity (Wildman–Crippen MR) is 75.1 cm³/mol. The number of likely N-dealkylation sites (N-methyl/N-ethyl adjacent to an activating group) is 1. The first kappa shape index (κ1) is 14.8. The second-order valence-corrected chi connectivity index (χ2v) is 5.52. The second-order valence-electron chi connectivity index (χ2n) is 5.52.